The van der Waals surface area contributed by atoms with Gasteiger partial charge in [-0.3, -0.25) is 9.59 Å². The van der Waals surface area contributed by atoms with E-state index in [2.05, 4.69) is 6.92 Å². The minimum Gasteiger partial charge on any atom is -0.463 e. The first-order valence-electron chi connectivity index (χ1n) is 11.2. The predicted octanol–water partition coefficient (Wildman–Crippen LogP) is 2.87. The summed E-state index contributed by atoms with van der Waals surface area (Å²) in [6.07, 6.45) is 1.53. The van der Waals surface area contributed by atoms with E-state index >= 15 is 0 Å². The van der Waals surface area contributed by atoms with E-state index in [0.29, 0.717) is 37.2 Å². The van der Waals surface area contributed by atoms with Gasteiger partial charge in [0, 0.05) is 6.42 Å². The molecule has 0 aromatic carbocycles. The Kier molecular flexibility index (Phi) is 6.80. The number of hydrogen-bond acceptors (Lipinski definition) is 7. The van der Waals surface area contributed by atoms with Gasteiger partial charge in [0.2, 0.25) is 6.10 Å². The first kappa shape index (κ1) is 23.0. The fourth-order valence-corrected chi connectivity index (χ4v) is 5.69. The highest BCUT2D eigenvalue weighted by Crippen LogP contribution is 2.58. The van der Waals surface area contributed by atoms with Crippen LogP contribution in [0.4, 0.5) is 0 Å². The van der Waals surface area contributed by atoms with Gasteiger partial charge >= 0.3 is 17.9 Å². The number of fused-ring (bicyclic) bond motifs is 2. The van der Waals surface area contributed by atoms with E-state index in [4.69, 9.17) is 14.2 Å². The zero-order chi connectivity index (χ0) is 22.2. The van der Waals surface area contributed by atoms with E-state index in [-0.39, 0.29) is 36.1 Å². The predicted molar refractivity (Wildman–Crippen MR) is 108 cm³/mol. The summed E-state index contributed by atoms with van der Waals surface area (Å²) in [5, 5.41) is 10.8. The number of esters is 3. The summed E-state index contributed by atoms with van der Waals surface area (Å²) in [5.74, 6) is 0.0782. The standard InChI is InChI=1S/C23H36O7/c1-12(21(26)29-19-6-7-28-22(19)27)8-15-13(2)14-9-16(15)17(10-14)18(24)11-20(25)30-23(3,4)5/h12-19,24H,6-11H2,1-5H3. The lowest BCUT2D eigenvalue weighted by molar-refractivity contribution is -0.163. The zero-order valence-corrected chi connectivity index (χ0v) is 18.8. The van der Waals surface area contributed by atoms with Crippen molar-refractivity contribution in [2.45, 2.75) is 84.5 Å². The first-order valence-corrected chi connectivity index (χ1v) is 11.2. The van der Waals surface area contributed by atoms with Crippen LogP contribution in [0.5, 0.6) is 0 Å². The lowest BCUT2D eigenvalue weighted by Gasteiger charge is -2.37. The van der Waals surface area contributed by atoms with Crippen LogP contribution in [0.25, 0.3) is 0 Å². The van der Waals surface area contributed by atoms with Crippen molar-refractivity contribution >= 4 is 17.9 Å². The van der Waals surface area contributed by atoms with Gasteiger partial charge in [-0.1, -0.05) is 13.8 Å². The summed E-state index contributed by atoms with van der Waals surface area (Å²) in [4.78, 5) is 36.2. The number of rotatable bonds is 7. The van der Waals surface area contributed by atoms with E-state index in [0.717, 1.165) is 12.8 Å². The maximum Gasteiger partial charge on any atom is 0.347 e. The Hall–Kier alpha value is -1.63. The zero-order valence-electron chi connectivity index (χ0n) is 18.8. The topological polar surface area (TPSA) is 99.1 Å². The molecule has 2 saturated carbocycles. The smallest absolute Gasteiger partial charge is 0.347 e. The number of carbonyl (C=O) groups excluding carboxylic acids is 3. The van der Waals surface area contributed by atoms with Crippen molar-refractivity contribution in [2.24, 2.45) is 35.5 Å². The van der Waals surface area contributed by atoms with E-state index in [1.807, 2.05) is 27.7 Å². The molecule has 170 valence electrons. The van der Waals surface area contributed by atoms with Gasteiger partial charge < -0.3 is 19.3 Å². The molecule has 3 aliphatic rings. The quantitative estimate of drug-likeness (QED) is 0.495. The van der Waals surface area contributed by atoms with Gasteiger partial charge in [-0.25, -0.2) is 4.79 Å². The Morgan fingerprint density at radius 2 is 1.97 bits per heavy atom. The molecule has 8 unspecified atom stereocenters. The van der Waals surface area contributed by atoms with Crippen LogP contribution >= 0.6 is 0 Å². The van der Waals surface area contributed by atoms with Gasteiger partial charge in [0.1, 0.15) is 5.60 Å². The van der Waals surface area contributed by atoms with Crippen molar-refractivity contribution in [3.63, 3.8) is 0 Å². The molecule has 3 fully saturated rings. The largest absolute Gasteiger partial charge is 0.463 e. The van der Waals surface area contributed by atoms with Crippen LogP contribution in [0.1, 0.15) is 66.7 Å². The molecule has 7 heteroatoms. The van der Waals surface area contributed by atoms with Crippen LogP contribution in [0.15, 0.2) is 0 Å². The molecule has 0 spiro atoms. The van der Waals surface area contributed by atoms with Crippen molar-refractivity contribution in [1.29, 1.82) is 0 Å². The molecule has 1 heterocycles. The van der Waals surface area contributed by atoms with Gasteiger partial charge in [0.25, 0.3) is 0 Å². The second-order valence-electron chi connectivity index (χ2n) is 10.5. The van der Waals surface area contributed by atoms with Crippen LogP contribution in [-0.2, 0) is 28.6 Å². The molecule has 8 atom stereocenters. The third-order valence-electron chi connectivity index (χ3n) is 7.13. The second kappa shape index (κ2) is 8.85. The van der Waals surface area contributed by atoms with Crippen molar-refractivity contribution in [3.8, 4) is 0 Å². The molecular weight excluding hydrogens is 388 g/mol. The maximum atomic E-state index is 12.5. The summed E-state index contributed by atoms with van der Waals surface area (Å²) in [7, 11) is 0. The van der Waals surface area contributed by atoms with Crippen LogP contribution in [0.3, 0.4) is 0 Å². The third-order valence-corrected chi connectivity index (χ3v) is 7.13. The second-order valence-corrected chi connectivity index (χ2v) is 10.5. The van der Waals surface area contributed by atoms with Crippen LogP contribution in [-0.4, -0.2) is 47.4 Å². The molecule has 1 N–H and O–H groups in total. The Morgan fingerprint density at radius 1 is 1.27 bits per heavy atom. The van der Waals surface area contributed by atoms with Crippen LogP contribution in [0, 0.1) is 35.5 Å². The van der Waals surface area contributed by atoms with Gasteiger partial charge in [-0.05, 0) is 69.6 Å². The Labute approximate surface area is 178 Å². The van der Waals surface area contributed by atoms with Gasteiger partial charge in [-0.15, -0.1) is 0 Å². The molecule has 0 aromatic rings. The normalized spacial score (nSPS) is 35.1. The molecule has 1 saturated heterocycles. The van der Waals surface area contributed by atoms with Crippen LogP contribution < -0.4 is 0 Å². The number of ether oxygens (including phenoxy) is 3. The Morgan fingerprint density at radius 3 is 2.53 bits per heavy atom. The fourth-order valence-electron chi connectivity index (χ4n) is 5.69. The number of hydrogen-bond donors (Lipinski definition) is 1. The highest BCUT2D eigenvalue weighted by molar-refractivity contribution is 5.81. The van der Waals surface area contributed by atoms with Crippen molar-refractivity contribution < 1.29 is 33.7 Å². The molecular formula is C23H36O7. The molecule has 0 amide bonds. The molecule has 1 aliphatic heterocycles. The molecule has 2 bridgehead atoms. The fraction of sp³-hybridized carbons (Fsp3) is 0.870. The van der Waals surface area contributed by atoms with Gasteiger partial charge in [-0.2, -0.15) is 0 Å². The average Bonchev–Trinajstić information content (AvgIpc) is 3.30. The summed E-state index contributed by atoms with van der Waals surface area (Å²) < 4.78 is 15.6. The highest BCUT2D eigenvalue weighted by atomic mass is 16.6. The maximum absolute atomic E-state index is 12.5. The molecule has 0 radical (unpaired) electrons. The molecule has 3 rings (SSSR count). The SMILES string of the molecule is CC(CC1C(C)C2CC(C(O)CC(=O)OC(C)(C)C)C1C2)C(=O)OC1CCOC1=O. The summed E-state index contributed by atoms with van der Waals surface area (Å²) in [5.41, 5.74) is -0.565. The highest BCUT2D eigenvalue weighted by Gasteiger charge is 2.53. The summed E-state index contributed by atoms with van der Waals surface area (Å²) in [6, 6.07) is 0. The number of cyclic esters (lactones) is 1. The number of aliphatic hydroxyl groups is 1. The monoisotopic (exact) mass is 424 g/mol. The Bertz CT molecular complexity index is 667. The summed E-state index contributed by atoms with van der Waals surface area (Å²) in [6.45, 7) is 9.81. The van der Waals surface area contributed by atoms with Crippen molar-refractivity contribution in [3.05, 3.63) is 0 Å². The van der Waals surface area contributed by atoms with E-state index in [1.54, 1.807) is 0 Å². The Balaban J connectivity index is 1.56. The molecule has 7 nitrogen and oxygen atoms in total. The van der Waals surface area contributed by atoms with Gasteiger partial charge in [0.15, 0.2) is 0 Å². The minimum atomic E-state index is -0.777. The molecule has 2 aliphatic carbocycles. The van der Waals surface area contributed by atoms with Crippen LogP contribution in [0.2, 0.25) is 0 Å². The number of carbonyl (C=O) groups is 3. The van der Waals surface area contributed by atoms with Crippen molar-refractivity contribution in [2.75, 3.05) is 6.61 Å². The molecule has 30 heavy (non-hydrogen) atoms. The van der Waals surface area contributed by atoms with Gasteiger partial charge in [0.05, 0.1) is 25.0 Å². The van der Waals surface area contributed by atoms with E-state index in [9.17, 15) is 19.5 Å². The van der Waals surface area contributed by atoms with E-state index < -0.39 is 23.8 Å². The lowest BCUT2D eigenvalue weighted by atomic mass is 9.69. The third kappa shape index (κ3) is 5.16. The summed E-state index contributed by atoms with van der Waals surface area (Å²) >= 11 is 0. The first-order chi connectivity index (χ1) is 14.0. The van der Waals surface area contributed by atoms with E-state index in [1.165, 1.54) is 0 Å². The van der Waals surface area contributed by atoms with Crippen molar-refractivity contribution in [1.82, 2.24) is 0 Å². The average molecular weight is 425 g/mol. The minimum absolute atomic E-state index is 0.00758. The number of aliphatic hydroxyl groups excluding tert-OH is 1. The lowest BCUT2D eigenvalue weighted by Crippen LogP contribution is -2.37. The molecule has 0 aromatic heterocycles.